The first-order chi connectivity index (χ1) is 8.65. The van der Waals surface area contributed by atoms with Gasteiger partial charge in [0.1, 0.15) is 5.82 Å². The van der Waals surface area contributed by atoms with E-state index < -0.39 is 0 Å². The Hall–Kier alpha value is -1.89. The van der Waals surface area contributed by atoms with Crippen LogP contribution in [0.3, 0.4) is 0 Å². The van der Waals surface area contributed by atoms with Gasteiger partial charge in [0, 0.05) is 33.2 Å². The minimum absolute atomic E-state index is 0.194. The van der Waals surface area contributed by atoms with Gasteiger partial charge in [-0.05, 0) is 7.05 Å². The Morgan fingerprint density at radius 2 is 1.83 bits per heavy atom. The molecule has 0 unspecified atom stereocenters. The van der Waals surface area contributed by atoms with Gasteiger partial charge in [0.05, 0.1) is 11.6 Å². The van der Waals surface area contributed by atoms with Crippen LogP contribution in [0.1, 0.15) is 0 Å². The maximum atomic E-state index is 9.64. The fourth-order valence-electron chi connectivity index (χ4n) is 2.26. The van der Waals surface area contributed by atoms with Crippen molar-refractivity contribution < 1.29 is 5.11 Å². The van der Waals surface area contributed by atoms with Crippen LogP contribution in [0.2, 0.25) is 0 Å². The van der Waals surface area contributed by atoms with E-state index in [0.29, 0.717) is 5.65 Å². The second-order valence-corrected chi connectivity index (χ2v) is 4.64. The van der Waals surface area contributed by atoms with Gasteiger partial charge in [0.15, 0.2) is 5.65 Å². The summed E-state index contributed by atoms with van der Waals surface area (Å²) in [5, 5.41) is 14.7. The fraction of sp³-hybridized carbons (Fsp3) is 0.545. The van der Waals surface area contributed by atoms with Crippen molar-refractivity contribution in [3.05, 3.63) is 6.20 Å². The number of aryl methyl sites for hydroxylation is 1. The second-order valence-electron chi connectivity index (χ2n) is 4.64. The number of hydrogen-bond acceptors (Lipinski definition) is 6. The second kappa shape index (κ2) is 4.09. The summed E-state index contributed by atoms with van der Waals surface area (Å²) in [4.78, 5) is 12.6. The number of nitrogens with zero attached hydrogens (tertiary/aromatic N) is 6. The molecule has 0 radical (unpaired) electrons. The molecule has 0 atom stereocenters. The topological polar surface area (TPSA) is 70.3 Å². The van der Waals surface area contributed by atoms with E-state index in [1.54, 1.807) is 10.9 Å². The predicted molar refractivity (Wildman–Crippen MR) is 67.7 cm³/mol. The van der Waals surface area contributed by atoms with Crippen LogP contribution in [0.25, 0.3) is 11.0 Å². The SMILES string of the molecule is CN1CCN(c2nc(O)nc3c2cnn3C)CC1. The Kier molecular flexibility index (Phi) is 2.55. The van der Waals surface area contributed by atoms with E-state index >= 15 is 0 Å². The van der Waals surface area contributed by atoms with Gasteiger partial charge < -0.3 is 14.9 Å². The highest BCUT2D eigenvalue weighted by Gasteiger charge is 2.20. The molecule has 7 nitrogen and oxygen atoms in total. The van der Waals surface area contributed by atoms with Gasteiger partial charge >= 0.3 is 6.01 Å². The summed E-state index contributed by atoms with van der Waals surface area (Å²) < 4.78 is 1.65. The predicted octanol–water partition coefficient (Wildman–Crippen LogP) is -0.179. The van der Waals surface area contributed by atoms with Crippen LogP contribution in [-0.2, 0) is 7.05 Å². The van der Waals surface area contributed by atoms with Crippen molar-refractivity contribution in [1.82, 2.24) is 24.6 Å². The third kappa shape index (κ3) is 1.76. The number of piperazine rings is 1. The monoisotopic (exact) mass is 248 g/mol. The molecule has 1 saturated heterocycles. The van der Waals surface area contributed by atoms with Gasteiger partial charge in [0.25, 0.3) is 0 Å². The van der Waals surface area contributed by atoms with Gasteiger partial charge in [-0.2, -0.15) is 15.1 Å². The molecule has 2 aromatic rings. The molecule has 3 heterocycles. The Bertz CT molecular complexity index is 572. The molecule has 2 aromatic heterocycles. The minimum atomic E-state index is -0.194. The number of fused-ring (bicyclic) bond motifs is 1. The zero-order chi connectivity index (χ0) is 12.7. The summed E-state index contributed by atoms with van der Waals surface area (Å²) in [7, 11) is 3.91. The summed E-state index contributed by atoms with van der Waals surface area (Å²) in [6.07, 6.45) is 1.75. The molecule has 0 spiro atoms. The number of likely N-dealkylation sites (N-methyl/N-ethyl adjacent to an activating group) is 1. The Balaban J connectivity index is 2.05. The Morgan fingerprint density at radius 1 is 1.11 bits per heavy atom. The van der Waals surface area contributed by atoms with Gasteiger partial charge in [-0.25, -0.2) is 0 Å². The molecular weight excluding hydrogens is 232 g/mol. The smallest absolute Gasteiger partial charge is 0.317 e. The van der Waals surface area contributed by atoms with E-state index in [0.717, 1.165) is 37.4 Å². The summed E-state index contributed by atoms with van der Waals surface area (Å²) in [6.45, 7) is 3.78. The highest BCUT2D eigenvalue weighted by molar-refractivity contribution is 5.87. The Labute approximate surface area is 105 Å². The summed E-state index contributed by atoms with van der Waals surface area (Å²) >= 11 is 0. The zero-order valence-corrected chi connectivity index (χ0v) is 10.5. The summed E-state index contributed by atoms with van der Waals surface area (Å²) in [6, 6.07) is -0.194. The van der Waals surface area contributed by atoms with Crippen molar-refractivity contribution in [3.8, 4) is 6.01 Å². The highest BCUT2D eigenvalue weighted by Crippen LogP contribution is 2.25. The average molecular weight is 248 g/mol. The standard InChI is InChI=1S/C11H16N6O/c1-15-3-5-17(6-4-15)10-8-7-12-16(2)9(8)13-11(18)14-10/h7H,3-6H2,1-2H3,(H,13,14,18). The van der Waals surface area contributed by atoms with Crippen molar-refractivity contribution in [2.75, 3.05) is 38.1 Å². The van der Waals surface area contributed by atoms with E-state index in [4.69, 9.17) is 0 Å². The van der Waals surface area contributed by atoms with Gasteiger partial charge in [-0.15, -0.1) is 0 Å². The third-order valence-electron chi connectivity index (χ3n) is 3.36. The van der Waals surface area contributed by atoms with Crippen LogP contribution < -0.4 is 4.90 Å². The van der Waals surface area contributed by atoms with Crippen molar-refractivity contribution in [2.45, 2.75) is 0 Å². The van der Waals surface area contributed by atoms with Crippen molar-refractivity contribution in [1.29, 1.82) is 0 Å². The molecule has 1 fully saturated rings. The van der Waals surface area contributed by atoms with Crippen molar-refractivity contribution in [3.63, 3.8) is 0 Å². The first-order valence-corrected chi connectivity index (χ1v) is 5.97. The van der Waals surface area contributed by atoms with Crippen LogP contribution in [0, 0.1) is 0 Å². The molecule has 0 bridgehead atoms. The molecule has 0 amide bonds. The zero-order valence-electron chi connectivity index (χ0n) is 10.5. The van der Waals surface area contributed by atoms with Crippen LogP contribution in [0.15, 0.2) is 6.20 Å². The normalized spacial score (nSPS) is 17.6. The molecule has 1 aliphatic rings. The third-order valence-corrected chi connectivity index (χ3v) is 3.36. The first-order valence-electron chi connectivity index (χ1n) is 5.97. The number of rotatable bonds is 1. The summed E-state index contributed by atoms with van der Waals surface area (Å²) in [5.74, 6) is 0.777. The maximum absolute atomic E-state index is 9.64. The molecule has 0 aliphatic carbocycles. The average Bonchev–Trinajstić information content (AvgIpc) is 2.71. The van der Waals surface area contributed by atoms with Crippen LogP contribution >= 0.6 is 0 Å². The molecule has 1 N–H and O–H groups in total. The lowest BCUT2D eigenvalue weighted by Crippen LogP contribution is -2.44. The van der Waals surface area contributed by atoms with E-state index in [2.05, 4.69) is 31.9 Å². The molecule has 0 aromatic carbocycles. The lowest BCUT2D eigenvalue weighted by molar-refractivity contribution is 0.312. The van der Waals surface area contributed by atoms with Crippen LogP contribution in [0.5, 0.6) is 6.01 Å². The molecule has 96 valence electrons. The van der Waals surface area contributed by atoms with Crippen molar-refractivity contribution >= 4 is 16.9 Å². The number of aromatic nitrogens is 4. The minimum Gasteiger partial charge on any atom is -0.479 e. The lowest BCUT2D eigenvalue weighted by Gasteiger charge is -2.33. The number of anilines is 1. The van der Waals surface area contributed by atoms with Gasteiger partial charge in [-0.1, -0.05) is 0 Å². The number of hydrogen-bond donors (Lipinski definition) is 1. The highest BCUT2D eigenvalue weighted by atomic mass is 16.3. The quantitative estimate of drug-likeness (QED) is 0.755. The van der Waals surface area contributed by atoms with E-state index in [1.165, 1.54) is 0 Å². The van der Waals surface area contributed by atoms with E-state index in [-0.39, 0.29) is 6.01 Å². The van der Waals surface area contributed by atoms with E-state index in [9.17, 15) is 5.11 Å². The van der Waals surface area contributed by atoms with Gasteiger partial charge in [-0.3, -0.25) is 4.68 Å². The fourth-order valence-corrected chi connectivity index (χ4v) is 2.26. The van der Waals surface area contributed by atoms with Crippen molar-refractivity contribution in [2.24, 2.45) is 7.05 Å². The Morgan fingerprint density at radius 3 is 2.56 bits per heavy atom. The molecule has 18 heavy (non-hydrogen) atoms. The molecule has 3 rings (SSSR count). The van der Waals surface area contributed by atoms with Crippen LogP contribution in [0.4, 0.5) is 5.82 Å². The number of aromatic hydroxyl groups is 1. The molecule has 7 heteroatoms. The van der Waals surface area contributed by atoms with Gasteiger partial charge in [0.2, 0.25) is 0 Å². The van der Waals surface area contributed by atoms with E-state index in [1.807, 2.05) is 7.05 Å². The maximum Gasteiger partial charge on any atom is 0.317 e. The largest absolute Gasteiger partial charge is 0.479 e. The molecule has 0 saturated carbocycles. The summed E-state index contributed by atoms with van der Waals surface area (Å²) in [5.41, 5.74) is 0.663. The molecular formula is C11H16N6O. The first kappa shape index (κ1) is 11.2. The van der Waals surface area contributed by atoms with Crippen LogP contribution in [-0.4, -0.2) is 63.0 Å². The lowest BCUT2D eigenvalue weighted by atomic mass is 10.3. The molecule has 1 aliphatic heterocycles.